The number of benzene rings is 2. The predicted octanol–water partition coefficient (Wildman–Crippen LogP) is 4.16. The maximum absolute atomic E-state index is 10.5. The van der Waals surface area contributed by atoms with Crippen LogP contribution < -0.4 is 4.74 Å². The molecule has 1 N–H and O–H groups in total. The van der Waals surface area contributed by atoms with Gasteiger partial charge in [-0.25, -0.2) is 0 Å². The van der Waals surface area contributed by atoms with E-state index in [2.05, 4.69) is 22.0 Å². The molecule has 0 saturated carbocycles. The van der Waals surface area contributed by atoms with Gasteiger partial charge in [-0.2, -0.15) is 0 Å². The van der Waals surface area contributed by atoms with Crippen LogP contribution in [0.4, 0.5) is 0 Å². The van der Waals surface area contributed by atoms with Crippen molar-refractivity contribution in [2.24, 2.45) is 0 Å². The molecule has 2 nitrogen and oxygen atoms in total. The average Bonchev–Trinajstić information content (AvgIpc) is 2.36. The van der Waals surface area contributed by atoms with Crippen LogP contribution in [-0.2, 0) is 0 Å². The molecule has 0 aliphatic heterocycles. The summed E-state index contributed by atoms with van der Waals surface area (Å²) in [5, 5.41) is 10.5. The largest absolute Gasteiger partial charge is 0.496 e. The zero-order valence-electron chi connectivity index (χ0n) is 11.3. The number of aliphatic hydroxyl groups is 1. The molecule has 0 radical (unpaired) electrons. The number of rotatable bonds is 3. The second kappa shape index (κ2) is 5.76. The molecule has 19 heavy (non-hydrogen) atoms. The van der Waals surface area contributed by atoms with Gasteiger partial charge in [-0.1, -0.05) is 35.4 Å². The van der Waals surface area contributed by atoms with Gasteiger partial charge >= 0.3 is 0 Å². The van der Waals surface area contributed by atoms with Crippen molar-refractivity contribution in [2.75, 3.05) is 7.11 Å². The molecule has 0 fully saturated rings. The fourth-order valence-corrected chi connectivity index (χ4v) is 2.77. The van der Waals surface area contributed by atoms with E-state index >= 15 is 0 Å². The van der Waals surface area contributed by atoms with Gasteiger partial charge in [-0.3, -0.25) is 0 Å². The number of aliphatic hydroxyl groups excluding tert-OH is 1. The lowest BCUT2D eigenvalue weighted by atomic mass is 9.98. The quantitative estimate of drug-likeness (QED) is 0.920. The number of methoxy groups -OCH3 is 1. The number of aryl methyl sites for hydroxylation is 2. The van der Waals surface area contributed by atoms with E-state index in [1.165, 1.54) is 0 Å². The Morgan fingerprint density at radius 1 is 1.00 bits per heavy atom. The van der Waals surface area contributed by atoms with Crippen molar-refractivity contribution >= 4 is 15.9 Å². The first-order chi connectivity index (χ1) is 9.01. The van der Waals surface area contributed by atoms with Crippen LogP contribution in [0, 0.1) is 13.8 Å². The van der Waals surface area contributed by atoms with Crippen LogP contribution in [0.2, 0.25) is 0 Å². The van der Waals surface area contributed by atoms with Crippen molar-refractivity contribution in [3.63, 3.8) is 0 Å². The highest BCUT2D eigenvalue weighted by Crippen LogP contribution is 2.31. The van der Waals surface area contributed by atoms with Crippen LogP contribution in [0.15, 0.2) is 40.9 Å². The Bertz CT molecular complexity index is 573. The lowest BCUT2D eigenvalue weighted by molar-refractivity contribution is 0.220. The third-order valence-electron chi connectivity index (χ3n) is 3.05. The number of hydrogen-bond acceptors (Lipinski definition) is 2. The molecule has 3 heteroatoms. The Hall–Kier alpha value is -1.32. The number of halogens is 1. The van der Waals surface area contributed by atoms with Crippen molar-refractivity contribution in [3.8, 4) is 5.75 Å². The summed E-state index contributed by atoms with van der Waals surface area (Å²) < 4.78 is 6.04. The number of hydrogen-bond donors (Lipinski definition) is 1. The molecule has 0 heterocycles. The zero-order chi connectivity index (χ0) is 14.0. The molecule has 0 spiro atoms. The monoisotopic (exact) mass is 320 g/mol. The first-order valence-corrected chi connectivity index (χ1v) is 6.90. The Labute approximate surface area is 122 Å². The molecule has 1 atom stereocenters. The van der Waals surface area contributed by atoms with Gasteiger partial charge in [-0.15, -0.1) is 0 Å². The third kappa shape index (κ3) is 3.17. The van der Waals surface area contributed by atoms with E-state index in [4.69, 9.17) is 4.74 Å². The summed E-state index contributed by atoms with van der Waals surface area (Å²) in [6.07, 6.45) is -0.624. The molecular formula is C16H17BrO2. The summed E-state index contributed by atoms with van der Waals surface area (Å²) in [6, 6.07) is 11.7. The Morgan fingerprint density at radius 3 is 2.16 bits per heavy atom. The van der Waals surface area contributed by atoms with Crippen LogP contribution in [0.5, 0.6) is 5.75 Å². The molecule has 1 unspecified atom stereocenters. The van der Waals surface area contributed by atoms with Gasteiger partial charge in [0.2, 0.25) is 0 Å². The first kappa shape index (κ1) is 14.1. The van der Waals surface area contributed by atoms with Crippen molar-refractivity contribution in [1.29, 1.82) is 0 Å². The molecule has 2 rings (SSSR count). The molecule has 0 aliphatic rings. The fourth-order valence-electron chi connectivity index (χ4n) is 2.21. The van der Waals surface area contributed by atoms with Gasteiger partial charge in [0.25, 0.3) is 0 Å². The van der Waals surface area contributed by atoms with Crippen molar-refractivity contribution < 1.29 is 9.84 Å². The lowest BCUT2D eigenvalue weighted by Gasteiger charge is -2.14. The minimum Gasteiger partial charge on any atom is -0.496 e. The second-order valence-electron chi connectivity index (χ2n) is 4.72. The van der Waals surface area contributed by atoms with E-state index in [1.807, 2.05) is 44.2 Å². The maximum atomic E-state index is 10.5. The highest BCUT2D eigenvalue weighted by Gasteiger charge is 2.13. The molecule has 2 aromatic rings. The van der Waals surface area contributed by atoms with E-state index in [9.17, 15) is 5.11 Å². The Kier molecular flexibility index (Phi) is 4.27. The topological polar surface area (TPSA) is 29.5 Å². The average molecular weight is 321 g/mol. The van der Waals surface area contributed by atoms with Gasteiger partial charge in [-0.05, 0) is 53.0 Å². The van der Waals surface area contributed by atoms with Crippen LogP contribution in [-0.4, -0.2) is 12.2 Å². The maximum Gasteiger partial charge on any atom is 0.133 e. The lowest BCUT2D eigenvalue weighted by Crippen LogP contribution is -2.01. The number of ether oxygens (including phenoxy) is 1. The molecule has 0 amide bonds. The van der Waals surface area contributed by atoms with Gasteiger partial charge in [0.15, 0.2) is 0 Å². The molecule has 0 saturated heterocycles. The molecule has 2 aromatic carbocycles. The molecular weight excluding hydrogens is 304 g/mol. The van der Waals surface area contributed by atoms with Gasteiger partial charge in [0.1, 0.15) is 11.9 Å². The summed E-state index contributed by atoms with van der Waals surface area (Å²) in [4.78, 5) is 0. The summed E-state index contributed by atoms with van der Waals surface area (Å²) >= 11 is 3.44. The normalized spacial score (nSPS) is 12.3. The van der Waals surface area contributed by atoms with E-state index in [0.29, 0.717) is 0 Å². The molecule has 0 aromatic heterocycles. The van der Waals surface area contributed by atoms with Gasteiger partial charge < -0.3 is 9.84 Å². The van der Waals surface area contributed by atoms with Crippen LogP contribution >= 0.6 is 15.9 Å². The van der Waals surface area contributed by atoms with E-state index in [1.54, 1.807) is 7.11 Å². The second-order valence-corrected chi connectivity index (χ2v) is 5.57. The van der Waals surface area contributed by atoms with E-state index < -0.39 is 6.10 Å². The molecule has 0 bridgehead atoms. The van der Waals surface area contributed by atoms with Crippen LogP contribution in [0.25, 0.3) is 0 Å². The summed E-state index contributed by atoms with van der Waals surface area (Å²) in [7, 11) is 1.63. The zero-order valence-corrected chi connectivity index (χ0v) is 12.9. The van der Waals surface area contributed by atoms with Gasteiger partial charge in [0, 0.05) is 0 Å². The minimum absolute atomic E-state index is 0.624. The van der Waals surface area contributed by atoms with E-state index in [-0.39, 0.29) is 0 Å². The first-order valence-electron chi connectivity index (χ1n) is 6.11. The minimum atomic E-state index is -0.624. The van der Waals surface area contributed by atoms with Crippen molar-refractivity contribution in [3.05, 3.63) is 63.1 Å². The summed E-state index contributed by atoms with van der Waals surface area (Å²) in [5.74, 6) is 0.761. The summed E-state index contributed by atoms with van der Waals surface area (Å²) in [6.45, 7) is 4.07. The standard InChI is InChI=1S/C16H17BrO2/c1-10-6-11(2)8-13(7-10)16(18)12-4-5-15(19-3)14(17)9-12/h4-9,16,18H,1-3H3. The predicted molar refractivity (Wildman–Crippen MR) is 80.7 cm³/mol. The molecule has 0 aliphatic carbocycles. The van der Waals surface area contributed by atoms with Crippen LogP contribution in [0.1, 0.15) is 28.4 Å². The SMILES string of the molecule is COc1ccc(C(O)c2cc(C)cc(C)c2)cc1Br. The van der Waals surface area contributed by atoms with Crippen LogP contribution in [0.3, 0.4) is 0 Å². The highest BCUT2D eigenvalue weighted by molar-refractivity contribution is 9.10. The van der Waals surface area contributed by atoms with Crippen molar-refractivity contribution in [2.45, 2.75) is 20.0 Å². The third-order valence-corrected chi connectivity index (χ3v) is 3.67. The van der Waals surface area contributed by atoms with Gasteiger partial charge in [0.05, 0.1) is 11.6 Å². The Morgan fingerprint density at radius 2 is 1.63 bits per heavy atom. The van der Waals surface area contributed by atoms with Crippen molar-refractivity contribution in [1.82, 2.24) is 0 Å². The summed E-state index contributed by atoms with van der Waals surface area (Å²) in [5.41, 5.74) is 4.07. The Balaban J connectivity index is 2.38. The molecule has 100 valence electrons. The fraction of sp³-hybridized carbons (Fsp3) is 0.250. The van der Waals surface area contributed by atoms with E-state index in [0.717, 1.165) is 32.5 Å². The smallest absolute Gasteiger partial charge is 0.133 e. The highest BCUT2D eigenvalue weighted by atomic mass is 79.9.